The van der Waals surface area contributed by atoms with Gasteiger partial charge in [-0.1, -0.05) is 0 Å². The monoisotopic (exact) mass is 375 g/mol. The fourth-order valence-electron chi connectivity index (χ4n) is 2.21. The van der Waals surface area contributed by atoms with Crippen LogP contribution in [-0.2, 0) is 11.3 Å². The molecule has 0 radical (unpaired) electrons. The Bertz CT molecular complexity index is 483. The summed E-state index contributed by atoms with van der Waals surface area (Å²) in [5.41, 5.74) is 1.18. The van der Waals surface area contributed by atoms with Crippen molar-refractivity contribution >= 4 is 5.84 Å². The Hall–Kier alpha value is -1.05. The number of alkyl halides is 1. The molecule has 1 fully saturated rings. The second-order valence-electron chi connectivity index (χ2n) is 4.50. The van der Waals surface area contributed by atoms with Crippen LogP contribution in [0.2, 0.25) is 0 Å². The van der Waals surface area contributed by atoms with Gasteiger partial charge in [0.2, 0.25) is 0 Å². The molecule has 106 valence electrons. The van der Waals surface area contributed by atoms with E-state index >= 15 is 0 Å². The number of amidine groups is 1. The fraction of sp³-hybridized carbons (Fsp3) is 0.538. The molecule has 1 atom stereocenters. The van der Waals surface area contributed by atoms with Gasteiger partial charge in [0.1, 0.15) is 0 Å². The number of nitrogens with zero attached hydrogens (tertiary/aromatic N) is 4. The average Bonchev–Trinajstić information content (AvgIpc) is 2.72. The van der Waals surface area contributed by atoms with Crippen LogP contribution in [-0.4, -0.2) is 37.3 Å². The minimum atomic E-state index is -0.168. The minimum absolute atomic E-state index is 0.168. The first-order valence-electron chi connectivity index (χ1n) is 6.23. The van der Waals surface area contributed by atoms with Gasteiger partial charge in [-0.15, -0.1) is 0 Å². The molecular formula is C13H20IN4O-. The van der Waals surface area contributed by atoms with Gasteiger partial charge in [-0.3, -0.25) is 0 Å². The molecule has 0 amide bonds. The zero-order valence-corrected chi connectivity index (χ0v) is 13.8. The van der Waals surface area contributed by atoms with Crippen LogP contribution < -0.4 is 21.5 Å². The number of aryl methyl sites for hydroxylation is 1. The summed E-state index contributed by atoms with van der Waals surface area (Å²) in [6, 6.07) is 0. The first kappa shape index (κ1) is 14.4. The molecule has 0 spiro atoms. The fourth-order valence-corrected chi connectivity index (χ4v) is 3.99. The number of halogens is 1. The van der Waals surface area contributed by atoms with Gasteiger partial charge in [-0.05, 0) is 0 Å². The van der Waals surface area contributed by atoms with E-state index in [1.165, 1.54) is 5.56 Å². The zero-order valence-electron chi connectivity index (χ0n) is 11.6. The normalized spacial score (nSPS) is 22.7. The number of hydrogen-bond acceptors (Lipinski definition) is 3. The van der Waals surface area contributed by atoms with Crippen molar-refractivity contribution in [3.63, 3.8) is 0 Å². The zero-order chi connectivity index (χ0) is 13.8. The summed E-state index contributed by atoms with van der Waals surface area (Å²) in [7, 11) is 1.85. The molecule has 6 heteroatoms. The van der Waals surface area contributed by atoms with E-state index in [0.29, 0.717) is 12.5 Å². The van der Waals surface area contributed by atoms with E-state index < -0.39 is 0 Å². The first-order chi connectivity index (χ1) is 9.15. The van der Waals surface area contributed by atoms with Crippen LogP contribution in [0.15, 0.2) is 29.8 Å². The molecule has 0 aromatic carbocycles. The van der Waals surface area contributed by atoms with Gasteiger partial charge in [0, 0.05) is 0 Å². The van der Waals surface area contributed by atoms with Crippen molar-refractivity contribution in [2.75, 3.05) is 18.6 Å². The van der Waals surface area contributed by atoms with Crippen molar-refractivity contribution in [2.24, 2.45) is 10.9 Å². The van der Waals surface area contributed by atoms with Gasteiger partial charge < -0.3 is 0 Å². The van der Waals surface area contributed by atoms with Gasteiger partial charge in [0.25, 0.3) is 0 Å². The van der Waals surface area contributed by atoms with Crippen molar-refractivity contribution < 1.29 is 26.2 Å². The Labute approximate surface area is 125 Å². The third-order valence-electron chi connectivity index (χ3n) is 3.09. The molecular weight excluding hydrogens is 355 g/mol. The molecule has 1 aromatic rings. The summed E-state index contributed by atoms with van der Waals surface area (Å²) >= 11 is -0.168. The van der Waals surface area contributed by atoms with Gasteiger partial charge in [-0.25, -0.2) is 0 Å². The number of aromatic nitrogens is 2. The van der Waals surface area contributed by atoms with Gasteiger partial charge in [0.15, 0.2) is 0 Å². The van der Waals surface area contributed by atoms with E-state index in [1.807, 2.05) is 17.9 Å². The molecule has 19 heavy (non-hydrogen) atoms. The van der Waals surface area contributed by atoms with Crippen LogP contribution >= 0.6 is 0 Å². The summed E-state index contributed by atoms with van der Waals surface area (Å²) in [4.78, 5) is 6.68. The maximum absolute atomic E-state index is 5.66. The molecule has 0 saturated carbocycles. The molecule has 0 bridgehead atoms. The Kier molecular flexibility index (Phi) is 4.84. The second kappa shape index (κ2) is 6.40. The van der Waals surface area contributed by atoms with Crippen LogP contribution in [0.4, 0.5) is 0 Å². The summed E-state index contributed by atoms with van der Waals surface area (Å²) in [6.07, 6.45) is 4.91. The van der Waals surface area contributed by atoms with Crippen molar-refractivity contribution in [3.05, 3.63) is 30.4 Å². The summed E-state index contributed by atoms with van der Waals surface area (Å²) in [6.45, 7) is 7.60. The number of aliphatic imine (C=N–C) groups is 1. The molecule has 1 aromatic heterocycles. The van der Waals surface area contributed by atoms with E-state index in [0.717, 1.165) is 24.7 Å². The predicted molar refractivity (Wildman–Crippen MR) is 71.3 cm³/mol. The van der Waals surface area contributed by atoms with Gasteiger partial charge in [-0.2, -0.15) is 0 Å². The molecule has 1 aliphatic rings. The third kappa shape index (κ3) is 3.29. The van der Waals surface area contributed by atoms with E-state index in [4.69, 9.17) is 4.74 Å². The van der Waals surface area contributed by atoms with Gasteiger partial charge >= 0.3 is 125 Å². The van der Waals surface area contributed by atoms with Gasteiger partial charge in [0.05, 0.1) is 0 Å². The van der Waals surface area contributed by atoms with Crippen LogP contribution in [0.3, 0.4) is 0 Å². The van der Waals surface area contributed by atoms with Crippen molar-refractivity contribution in [1.82, 2.24) is 12.9 Å². The molecule has 0 aliphatic carbocycles. The van der Waals surface area contributed by atoms with Crippen molar-refractivity contribution in [1.29, 1.82) is 0 Å². The summed E-state index contributed by atoms with van der Waals surface area (Å²) < 4.78 is 9.81. The average molecular weight is 375 g/mol. The second-order valence-corrected chi connectivity index (χ2v) is 6.43. The quantitative estimate of drug-likeness (QED) is 0.373. The Balaban J connectivity index is 2.20. The molecule has 1 unspecified atom stereocenters. The molecule has 1 aliphatic heterocycles. The number of hydrogen-bond donors (Lipinski definition) is 0. The molecule has 0 N–H and O–H groups in total. The van der Waals surface area contributed by atoms with Crippen LogP contribution in [0.25, 0.3) is 0 Å². The van der Waals surface area contributed by atoms with Crippen LogP contribution in [0.1, 0.15) is 12.0 Å². The number of ether oxygens (including phenoxy) is 1. The Morgan fingerprint density at radius 1 is 1.63 bits per heavy atom. The summed E-state index contributed by atoms with van der Waals surface area (Å²) in [5.74, 6) is 2.17. The maximum atomic E-state index is 5.66. The topological polar surface area (TPSA) is 42.6 Å². The SMILES string of the molecule is C=C1OCCC(Cn2cc(C)cn2)C(=NC)N1[I-]C. The van der Waals surface area contributed by atoms with Crippen LogP contribution in [0.5, 0.6) is 0 Å². The molecule has 5 nitrogen and oxygen atoms in total. The summed E-state index contributed by atoms with van der Waals surface area (Å²) in [5, 5.41) is 4.37. The van der Waals surface area contributed by atoms with E-state index in [2.05, 4.69) is 37.8 Å². The Morgan fingerprint density at radius 2 is 2.42 bits per heavy atom. The van der Waals surface area contributed by atoms with Crippen LogP contribution in [0, 0.1) is 12.8 Å². The Morgan fingerprint density at radius 3 is 3.00 bits per heavy atom. The van der Waals surface area contributed by atoms with E-state index in [-0.39, 0.29) is 21.5 Å². The number of rotatable bonds is 3. The van der Waals surface area contributed by atoms with E-state index in [1.54, 1.807) is 0 Å². The first-order valence-corrected chi connectivity index (χ1v) is 9.35. The van der Waals surface area contributed by atoms with Crippen molar-refractivity contribution in [3.8, 4) is 0 Å². The van der Waals surface area contributed by atoms with E-state index in [9.17, 15) is 0 Å². The van der Waals surface area contributed by atoms with Crippen molar-refractivity contribution in [2.45, 2.75) is 19.9 Å². The predicted octanol–water partition coefficient (Wildman–Crippen LogP) is -1.34. The molecule has 2 rings (SSSR count). The molecule has 1 saturated heterocycles. The molecule has 2 heterocycles. The third-order valence-corrected chi connectivity index (χ3v) is 5.09. The standard InChI is InChI=1S/C13H20IN4O/c1-10-7-16-17(8-10)9-12-5-6-19-11(2)18(14-3)13(12)15-4/h7-8,12H,2,5-6,9H2,1,3-4H3/q-1.